The summed E-state index contributed by atoms with van der Waals surface area (Å²) < 4.78 is 14.3. The minimum Gasteiger partial charge on any atom is -0.378 e. The highest BCUT2D eigenvalue weighted by atomic mass is 32.1. The number of fused-ring (bicyclic) bond motifs is 1. The van der Waals surface area contributed by atoms with Gasteiger partial charge in [-0.15, -0.1) is 11.3 Å². The second-order valence-electron chi connectivity index (χ2n) is 4.34. The number of halogens is 1. The zero-order chi connectivity index (χ0) is 13.2. The maximum Gasteiger partial charge on any atom is 0.141 e. The van der Waals surface area contributed by atoms with Gasteiger partial charge in [0.2, 0.25) is 0 Å². The van der Waals surface area contributed by atoms with Crippen LogP contribution in [0.4, 0.5) is 10.1 Å². The number of nitrogens with zero attached hydrogens (tertiary/aromatic N) is 2. The Labute approximate surface area is 114 Å². The first-order chi connectivity index (χ1) is 9.22. The second-order valence-corrected chi connectivity index (χ2v) is 5.22. The molecule has 96 valence electrons. The molecule has 1 aromatic carbocycles. The number of nitrogens with one attached hydrogen (secondary N) is 1. The predicted octanol–water partition coefficient (Wildman–Crippen LogP) is 4.00. The third kappa shape index (κ3) is 2.56. The number of anilines is 1. The van der Waals surface area contributed by atoms with Crippen molar-refractivity contribution in [1.82, 2.24) is 9.97 Å². The number of rotatable bonds is 3. The molecule has 0 saturated carbocycles. The summed E-state index contributed by atoms with van der Waals surface area (Å²) in [6.07, 6.45) is 2.88. The van der Waals surface area contributed by atoms with Crippen LogP contribution in [0.2, 0.25) is 0 Å². The minimum absolute atomic E-state index is 0.00595. The lowest BCUT2D eigenvalue weighted by Gasteiger charge is -2.15. The van der Waals surface area contributed by atoms with E-state index in [0.29, 0.717) is 0 Å². The average molecular weight is 273 g/mol. The van der Waals surface area contributed by atoms with Crippen LogP contribution in [-0.2, 0) is 0 Å². The summed E-state index contributed by atoms with van der Waals surface area (Å²) in [5.74, 6) is -0.316. The monoisotopic (exact) mass is 273 g/mol. The van der Waals surface area contributed by atoms with Crippen molar-refractivity contribution in [1.29, 1.82) is 0 Å². The van der Waals surface area contributed by atoms with Crippen molar-refractivity contribution in [2.45, 2.75) is 13.0 Å². The fraction of sp³-hybridized carbons (Fsp3) is 0.143. The SMILES string of the molecule is CC(Nc1ccc2ncsc2c1)c1cncc(F)c1. The van der Waals surface area contributed by atoms with E-state index in [9.17, 15) is 4.39 Å². The van der Waals surface area contributed by atoms with Crippen LogP contribution < -0.4 is 5.32 Å². The normalized spacial score (nSPS) is 12.5. The predicted molar refractivity (Wildman–Crippen MR) is 75.9 cm³/mol. The number of aromatic nitrogens is 2. The molecule has 3 aromatic rings. The maximum absolute atomic E-state index is 13.1. The fourth-order valence-corrected chi connectivity index (χ4v) is 2.66. The van der Waals surface area contributed by atoms with Crippen LogP contribution in [-0.4, -0.2) is 9.97 Å². The van der Waals surface area contributed by atoms with Crippen LogP contribution in [0.1, 0.15) is 18.5 Å². The molecule has 1 atom stereocenters. The van der Waals surface area contributed by atoms with Crippen LogP contribution in [0.3, 0.4) is 0 Å². The number of thiazole rings is 1. The van der Waals surface area contributed by atoms with Gasteiger partial charge in [0.1, 0.15) is 5.82 Å². The largest absolute Gasteiger partial charge is 0.378 e. The number of benzene rings is 1. The Morgan fingerprint density at radius 1 is 1.26 bits per heavy atom. The van der Waals surface area contributed by atoms with Gasteiger partial charge in [0, 0.05) is 11.9 Å². The first-order valence-electron chi connectivity index (χ1n) is 5.92. The Hall–Kier alpha value is -2.01. The van der Waals surface area contributed by atoms with Crippen LogP contribution in [0.25, 0.3) is 10.2 Å². The summed E-state index contributed by atoms with van der Waals surface area (Å²) in [6, 6.07) is 7.50. The zero-order valence-electron chi connectivity index (χ0n) is 10.3. The van der Waals surface area contributed by atoms with Crippen LogP contribution in [0.15, 0.2) is 42.2 Å². The molecule has 0 spiro atoms. The van der Waals surface area contributed by atoms with Gasteiger partial charge in [0.15, 0.2) is 0 Å². The summed E-state index contributed by atoms with van der Waals surface area (Å²) in [5.41, 5.74) is 4.64. The Bertz CT molecular complexity index is 710. The van der Waals surface area contributed by atoms with E-state index in [2.05, 4.69) is 21.4 Å². The summed E-state index contributed by atoms with van der Waals surface area (Å²) in [5, 5.41) is 3.34. The van der Waals surface area contributed by atoms with Gasteiger partial charge >= 0.3 is 0 Å². The Morgan fingerprint density at radius 3 is 3.00 bits per heavy atom. The van der Waals surface area contributed by atoms with Crippen molar-refractivity contribution in [3.8, 4) is 0 Å². The average Bonchev–Trinajstić information content (AvgIpc) is 2.86. The lowest BCUT2D eigenvalue weighted by molar-refractivity contribution is 0.616. The summed E-state index contributed by atoms with van der Waals surface area (Å²) >= 11 is 1.60. The van der Waals surface area contributed by atoms with Crippen LogP contribution >= 0.6 is 11.3 Å². The molecular weight excluding hydrogens is 261 g/mol. The minimum atomic E-state index is -0.316. The van der Waals surface area contributed by atoms with E-state index in [1.807, 2.05) is 24.6 Å². The van der Waals surface area contributed by atoms with Gasteiger partial charge in [0.05, 0.1) is 28.0 Å². The molecule has 2 aromatic heterocycles. The molecule has 0 saturated heterocycles. The molecule has 0 aliphatic heterocycles. The van der Waals surface area contributed by atoms with Crippen molar-refractivity contribution in [2.75, 3.05) is 5.32 Å². The molecule has 3 rings (SSSR count). The molecule has 1 N–H and O–H groups in total. The summed E-state index contributed by atoms with van der Waals surface area (Å²) in [6.45, 7) is 1.98. The highest BCUT2D eigenvalue weighted by Crippen LogP contribution is 2.25. The Kier molecular flexibility index (Phi) is 3.13. The van der Waals surface area contributed by atoms with Crippen molar-refractivity contribution in [3.63, 3.8) is 0 Å². The quantitative estimate of drug-likeness (QED) is 0.783. The molecular formula is C14H12FN3S. The molecule has 1 unspecified atom stereocenters. The molecule has 0 aliphatic carbocycles. The van der Waals surface area contributed by atoms with Crippen molar-refractivity contribution >= 4 is 27.2 Å². The first kappa shape index (κ1) is 12.0. The fourth-order valence-electron chi connectivity index (χ4n) is 1.94. The number of hydrogen-bond acceptors (Lipinski definition) is 4. The van der Waals surface area contributed by atoms with Crippen molar-refractivity contribution in [3.05, 3.63) is 53.6 Å². The van der Waals surface area contributed by atoms with E-state index >= 15 is 0 Å². The first-order valence-corrected chi connectivity index (χ1v) is 6.80. The summed E-state index contributed by atoms with van der Waals surface area (Å²) in [7, 11) is 0. The molecule has 0 fully saturated rings. The van der Waals surface area contributed by atoms with E-state index in [4.69, 9.17) is 0 Å². The molecule has 0 bridgehead atoms. The highest BCUT2D eigenvalue weighted by Gasteiger charge is 2.07. The second kappa shape index (κ2) is 4.93. The van der Waals surface area contributed by atoms with Crippen LogP contribution in [0.5, 0.6) is 0 Å². The van der Waals surface area contributed by atoms with Gasteiger partial charge in [-0.1, -0.05) is 0 Å². The molecule has 2 heterocycles. The van der Waals surface area contributed by atoms with Crippen molar-refractivity contribution in [2.24, 2.45) is 0 Å². The molecule has 0 amide bonds. The smallest absolute Gasteiger partial charge is 0.141 e. The van der Waals surface area contributed by atoms with E-state index in [0.717, 1.165) is 21.5 Å². The summed E-state index contributed by atoms with van der Waals surface area (Å²) in [4.78, 5) is 8.11. The molecule has 3 nitrogen and oxygen atoms in total. The number of pyridine rings is 1. The third-order valence-electron chi connectivity index (χ3n) is 2.94. The van der Waals surface area contributed by atoms with E-state index in [1.165, 1.54) is 12.3 Å². The van der Waals surface area contributed by atoms with Crippen molar-refractivity contribution < 1.29 is 4.39 Å². The molecule has 19 heavy (non-hydrogen) atoms. The molecule has 0 radical (unpaired) electrons. The molecule has 0 aliphatic rings. The number of hydrogen-bond donors (Lipinski definition) is 1. The maximum atomic E-state index is 13.1. The molecule has 5 heteroatoms. The van der Waals surface area contributed by atoms with E-state index in [1.54, 1.807) is 17.5 Å². The standard InChI is InChI=1S/C14H12FN3S/c1-9(10-4-11(15)7-16-6-10)18-12-2-3-13-14(5-12)19-8-17-13/h2-9,18H,1H3. The highest BCUT2D eigenvalue weighted by molar-refractivity contribution is 7.16. The van der Waals surface area contributed by atoms with E-state index in [-0.39, 0.29) is 11.9 Å². The third-order valence-corrected chi connectivity index (χ3v) is 3.73. The topological polar surface area (TPSA) is 37.8 Å². The van der Waals surface area contributed by atoms with Gasteiger partial charge in [-0.25, -0.2) is 9.37 Å². The Balaban J connectivity index is 1.83. The van der Waals surface area contributed by atoms with Crippen LogP contribution in [0, 0.1) is 5.82 Å². The van der Waals surface area contributed by atoms with Gasteiger partial charge in [-0.2, -0.15) is 0 Å². The Morgan fingerprint density at radius 2 is 2.16 bits per heavy atom. The lowest BCUT2D eigenvalue weighted by atomic mass is 10.1. The lowest BCUT2D eigenvalue weighted by Crippen LogP contribution is -2.07. The van der Waals surface area contributed by atoms with Gasteiger partial charge in [-0.3, -0.25) is 4.98 Å². The van der Waals surface area contributed by atoms with Gasteiger partial charge in [-0.05, 0) is 36.8 Å². The zero-order valence-corrected chi connectivity index (χ0v) is 11.1. The van der Waals surface area contributed by atoms with E-state index < -0.39 is 0 Å². The van der Waals surface area contributed by atoms with Gasteiger partial charge < -0.3 is 5.32 Å². The van der Waals surface area contributed by atoms with Gasteiger partial charge in [0.25, 0.3) is 0 Å².